The number of para-hydroxylation sites is 2. The van der Waals surface area contributed by atoms with E-state index in [0.29, 0.717) is 24.8 Å². The SMILES string of the molecule is CC1CCCCN1C(=O)C1CCN(c2ccccc2[N+](=O)[O-])CC1. The minimum absolute atomic E-state index is 0.0598. The van der Waals surface area contributed by atoms with E-state index in [0.717, 1.165) is 32.2 Å². The van der Waals surface area contributed by atoms with Crippen LogP contribution in [-0.4, -0.2) is 41.4 Å². The van der Waals surface area contributed by atoms with Gasteiger partial charge in [0.15, 0.2) is 0 Å². The molecule has 2 fully saturated rings. The number of carbonyl (C=O) groups is 1. The number of rotatable bonds is 3. The van der Waals surface area contributed by atoms with E-state index in [1.807, 2.05) is 11.0 Å². The summed E-state index contributed by atoms with van der Waals surface area (Å²) in [5.74, 6) is 0.342. The Kier molecular flexibility index (Phi) is 5.02. The highest BCUT2D eigenvalue weighted by Gasteiger charge is 2.33. The van der Waals surface area contributed by atoms with Crippen molar-refractivity contribution in [3.63, 3.8) is 0 Å². The van der Waals surface area contributed by atoms with Crippen molar-refractivity contribution in [1.82, 2.24) is 4.90 Å². The Labute approximate surface area is 142 Å². The molecular weight excluding hydrogens is 306 g/mol. The fraction of sp³-hybridized carbons (Fsp3) is 0.611. The zero-order valence-electron chi connectivity index (χ0n) is 14.2. The molecule has 2 aliphatic heterocycles. The number of nitro groups is 1. The number of nitro benzene ring substituents is 1. The van der Waals surface area contributed by atoms with E-state index in [-0.39, 0.29) is 22.4 Å². The molecule has 0 radical (unpaired) electrons. The van der Waals surface area contributed by atoms with Gasteiger partial charge >= 0.3 is 0 Å². The maximum Gasteiger partial charge on any atom is 0.292 e. The Bertz CT molecular complexity index is 611. The minimum Gasteiger partial charge on any atom is -0.366 e. The maximum atomic E-state index is 12.8. The topological polar surface area (TPSA) is 66.7 Å². The Morgan fingerprint density at radius 2 is 1.83 bits per heavy atom. The van der Waals surface area contributed by atoms with Gasteiger partial charge < -0.3 is 9.80 Å². The second kappa shape index (κ2) is 7.20. The molecule has 24 heavy (non-hydrogen) atoms. The molecule has 2 saturated heterocycles. The molecule has 6 nitrogen and oxygen atoms in total. The average molecular weight is 331 g/mol. The van der Waals surface area contributed by atoms with E-state index in [1.54, 1.807) is 18.2 Å². The van der Waals surface area contributed by atoms with Crippen LogP contribution in [0, 0.1) is 16.0 Å². The summed E-state index contributed by atoms with van der Waals surface area (Å²) in [6.45, 7) is 4.41. The van der Waals surface area contributed by atoms with Crippen LogP contribution in [0.25, 0.3) is 0 Å². The summed E-state index contributed by atoms with van der Waals surface area (Å²) < 4.78 is 0. The van der Waals surface area contributed by atoms with Crippen molar-refractivity contribution >= 4 is 17.3 Å². The quantitative estimate of drug-likeness (QED) is 0.630. The molecule has 1 amide bonds. The molecule has 2 heterocycles. The first kappa shape index (κ1) is 16.7. The maximum absolute atomic E-state index is 12.8. The summed E-state index contributed by atoms with van der Waals surface area (Å²) in [6.07, 6.45) is 4.95. The van der Waals surface area contributed by atoms with E-state index in [2.05, 4.69) is 11.8 Å². The van der Waals surface area contributed by atoms with Gasteiger partial charge in [-0.3, -0.25) is 14.9 Å². The third-order valence-corrected chi connectivity index (χ3v) is 5.35. The molecule has 0 N–H and O–H groups in total. The van der Waals surface area contributed by atoms with E-state index >= 15 is 0 Å². The van der Waals surface area contributed by atoms with Crippen molar-refractivity contribution in [2.45, 2.75) is 45.1 Å². The standard InChI is InChI=1S/C18H25N3O3/c1-14-6-4-5-11-20(14)18(22)15-9-12-19(13-10-15)16-7-2-3-8-17(16)21(23)24/h2-3,7-8,14-15H,4-6,9-13H2,1H3. The van der Waals surface area contributed by atoms with Crippen LogP contribution in [0.2, 0.25) is 0 Å². The highest BCUT2D eigenvalue weighted by atomic mass is 16.6. The molecule has 130 valence electrons. The Morgan fingerprint density at radius 1 is 1.12 bits per heavy atom. The normalized spacial score (nSPS) is 22.5. The van der Waals surface area contributed by atoms with Crippen LogP contribution in [0.5, 0.6) is 0 Å². The zero-order chi connectivity index (χ0) is 17.1. The van der Waals surface area contributed by atoms with Crippen LogP contribution in [0.4, 0.5) is 11.4 Å². The van der Waals surface area contributed by atoms with Crippen LogP contribution in [0.3, 0.4) is 0 Å². The van der Waals surface area contributed by atoms with Gasteiger partial charge in [0.2, 0.25) is 5.91 Å². The molecule has 1 aromatic rings. The summed E-state index contributed by atoms with van der Waals surface area (Å²) in [6, 6.07) is 7.21. The van der Waals surface area contributed by atoms with Crippen molar-refractivity contribution in [2.75, 3.05) is 24.5 Å². The summed E-state index contributed by atoms with van der Waals surface area (Å²) in [4.78, 5) is 27.7. The van der Waals surface area contributed by atoms with E-state index in [9.17, 15) is 14.9 Å². The van der Waals surface area contributed by atoms with Gasteiger partial charge in [-0.15, -0.1) is 0 Å². The van der Waals surface area contributed by atoms with Gasteiger partial charge in [-0.1, -0.05) is 12.1 Å². The Balaban J connectivity index is 1.64. The van der Waals surface area contributed by atoms with Crippen LogP contribution in [0.1, 0.15) is 39.0 Å². The molecule has 1 aromatic carbocycles. The summed E-state index contributed by atoms with van der Waals surface area (Å²) in [5, 5.41) is 11.2. The van der Waals surface area contributed by atoms with Crippen molar-refractivity contribution in [3.05, 3.63) is 34.4 Å². The van der Waals surface area contributed by atoms with Crippen LogP contribution in [-0.2, 0) is 4.79 Å². The van der Waals surface area contributed by atoms with Crippen molar-refractivity contribution in [2.24, 2.45) is 5.92 Å². The molecule has 0 aliphatic carbocycles. The lowest BCUT2D eigenvalue weighted by Crippen LogP contribution is -2.47. The van der Waals surface area contributed by atoms with E-state index < -0.39 is 0 Å². The first-order chi connectivity index (χ1) is 11.6. The van der Waals surface area contributed by atoms with Crippen molar-refractivity contribution < 1.29 is 9.72 Å². The Hall–Kier alpha value is -2.11. The second-order valence-corrected chi connectivity index (χ2v) is 6.88. The number of hydrogen-bond donors (Lipinski definition) is 0. The fourth-order valence-corrected chi connectivity index (χ4v) is 3.91. The molecule has 0 spiro atoms. The van der Waals surface area contributed by atoms with Gasteiger partial charge in [-0.2, -0.15) is 0 Å². The van der Waals surface area contributed by atoms with Crippen LogP contribution < -0.4 is 4.90 Å². The lowest BCUT2D eigenvalue weighted by atomic mass is 9.92. The molecule has 0 bridgehead atoms. The number of likely N-dealkylation sites (tertiary alicyclic amines) is 1. The number of amides is 1. The minimum atomic E-state index is -0.331. The van der Waals surface area contributed by atoms with Gasteiger partial charge in [0.1, 0.15) is 5.69 Å². The highest BCUT2D eigenvalue weighted by molar-refractivity contribution is 5.79. The number of nitrogens with zero attached hydrogens (tertiary/aromatic N) is 3. The lowest BCUT2D eigenvalue weighted by molar-refractivity contribution is -0.384. The number of carbonyl (C=O) groups excluding carboxylic acids is 1. The third-order valence-electron chi connectivity index (χ3n) is 5.35. The molecule has 2 aliphatic rings. The first-order valence-electron chi connectivity index (χ1n) is 8.87. The predicted molar refractivity (Wildman–Crippen MR) is 93.1 cm³/mol. The smallest absolute Gasteiger partial charge is 0.292 e. The number of hydrogen-bond acceptors (Lipinski definition) is 4. The molecular formula is C18H25N3O3. The molecule has 3 rings (SSSR count). The van der Waals surface area contributed by atoms with E-state index in [4.69, 9.17) is 0 Å². The first-order valence-corrected chi connectivity index (χ1v) is 8.87. The van der Waals surface area contributed by atoms with Crippen molar-refractivity contribution in [1.29, 1.82) is 0 Å². The van der Waals surface area contributed by atoms with E-state index in [1.165, 1.54) is 6.42 Å². The fourth-order valence-electron chi connectivity index (χ4n) is 3.91. The number of piperidine rings is 2. The zero-order valence-corrected chi connectivity index (χ0v) is 14.2. The largest absolute Gasteiger partial charge is 0.366 e. The molecule has 1 unspecified atom stereocenters. The average Bonchev–Trinajstić information content (AvgIpc) is 2.62. The van der Waals surface area contributed by atoms with Gasteiger partial charge in [0, 0.05) is 37.7 Å². The van der Waals surface area contributed by atoms with Crippen LogP contribution >= 0.6 is 0 Å². The molecule has 1 atom stereocenters. The van der Waals surface area contributed by atoms with Crippen LogP contribution in [0.15, 0.2) is 24.3 Å². The highest BCUT2D eigenvalue weighted by Crippen LogP contribution is 2.32. The van der Waals surface area contributed by atoms with Gasteiger partial charge in [-0.25, -0.2) is 0 Å². The van der Waals surface area contributed by atoms with Gasteiger partial charge in [0.25, 0.3) is 5.69 Å². The predicted octanol–water partition coefficient (Wildman–Crippen LogP) is 3.21. The molecule has 6 heteroatoms. The second-order valence-electron chi connectivity index (χ2n) is 6.88. The summed E-state index contributed by atoms with van der Waals surface area (Å²) >= 11 is 0. The number of benzene rings is 1. The van der Waals surface area contributed by atoms with Crippen molar-refractivity contribution in [3.8, 4) is 0 Å². The van der Waals surface area contributed by atoms with Gasteiger partial charge in [-0.05, 0) is 45.1 Å². The number of anilines is 1. The monoisotopic (exact) mass is 331 g/mol. The third kappa shape index (κ3) is 3.37. The summed E-state index contributed by atoms with van der Waals surface area (Å²) in [7, 11) is 0. The molecule has 0 aromatic heterocycles. The summed E-state index contributed by atoms with van der Waals surface area (Å²) in [5.41, 5.74) is 0.812. The van der Waals surface area contributed by atoms with Gasteiger partial charge in [0.05, 0.1) is 4.92 Å². The Morgan fingerprint density at radius 3 is 2.50 bits per heavy atom. The molecule has 0 saturated carbocycles. The lowest BCUT2D eigenvalue weighted by Gasteiger charge is -2.39.